The van der Waals surface area contributed by atoms with Crippen LogP contribution in [0, 0.1) is 6.92 Å². The first-order chi connectivity index (χ1) is 11.2. The topological polar surface area (TPSA) is 52.6 Å². The summed E-state index contributed by atoms with van der Waals surface area (Å²) >= 11 is 5.82. The van der Waals surface area contributed by atoms with Crippen LogP contribution in [0.4, 0.5) is 0 Å². The van der Waals surface area contributed by atoms with Gasteiger partial charge in [0, 0.05) is 5.02 Å². The van der Waals surface area contributed by atoms with E-state index in [0.717, 1.165) is 5.56 Å². The number of hydrogen-bond acceptors (Lipinski definition) is 4. The highest BCUT2D eigenvalue weighted by atomic mass is 35.5. The molecule has 24 heavy (non-hydrogen) atoms. The van der Waals surface area contributed by atoms with Gasteiger partial charge in [0.2, 0.25) is 0 Å². The van der Waals surface area contributed by atoms with Gasteiger partial charge in [0.1, 0.15) is 0 Å². The summed E-state index contributed by atoms with van der Waals surface area (Å²) in [6.45, 7) is 8.27. The largest absolute Gasteiger partial charge is 0.425 e. The van der Waals surface area contributed by atoms with Crippen molar-refractivity contribution in [3.63, 3.8) is 0 Å². The minimum absolute atomic E-state index is 0.134. The molecule has 126 valence electrons. The smallest absolute Gasteiger partial charge is 0.343 e. The van der Waals surface area contributed by atoms with Gasteiger partial charge in [-0.2, -0.15) is 0 Å². The summed E-state index contributed by atoms with van der Waals surface area (Å²) in [4.78, 5) is 23.1. The number of esters is 1. The van der Waals surface area contributed by atoms with Gasteiger partial charge in [-0.3, -0.25) is 4.79 Å². The Hall–Kier alpha value is -2.33. The van der Waals surface area contributed by atoms with Crippen molar-refractivity contribution >= 4 is 24.0 Å². The summed E-state index contributed by atoms with van der Waals surface area (Å²) in [5.74, 6) is -0.0960. The van der Waals surface area contributed by atoms with Crippen LogP contribution in [-0.2, 0) is 10.2 Å². The Labute approximate surface area is 146 Å². The molecule has 4 nitrogen and oxygen atoms in total. The van der Waals surface area contributed by atoms with E-state index >= 15 is 0 Å². The lowest BCUT2D eigenvalue weighted by atomic mass is 9.86. The van der Waals surface area contributed by atoms with E-state index in [1.54, 1.807) is 37.3 Å². The molecule has 0 unspecified atom stereocenters. The molecule has 0 N–H and O–H groups in total. The van der Waals surface area contributed by atoms with Gasteiger partial charge in [0.25, 0.3) is 6.47 Å². The minimum atomic E-state index is -0.547. The van der Waals surface area contributed by atoms with Gasteiger partial charge in [-0.05, 0) is 53.8 Å². The molecule has 0 heterocycles. The van der Waals surface area contributed by atoms with E-state index in [-0.39, 0.29) is 16.9 Å². The monoisotopic (exact) mass is 346 g/mol. The second-order valence-electron chi connectivity index (χ2n) is 6.48. The number of carbonyl (C=O) groups excluding carboxylic acids is 2. The van der Waals surface area contributed by atoms with E-state index in [1.165, 1.54) is 0 Å². The van der Waals surface area contributed by atoms with E-state index in [1.807, 2.05) is 26.8 Å². The lowest BCUT2D eigenvalue weighted by molar-refractivity contribution is -0.120. The quantitative estimate of drug-likeness (QED) is 0.457. The van der Waals surface area contributed by atoms with Gasteiger partial charge < -0.3 is 9.47 Å². The zero-order valence-electron chi connectivity index (χ0n) is 14.1. The zero-order chi connectivity index (χ0) is 17.9. The lowest BCUT2D eigenvalue weighted by Crippen LogP contribution is -2.14. The molecule has 0 spiro atoms. The van der Waals surface area contributed by atoms with Crippen molar-refractivity contribution in [2.24, 2.45) is 0 Å². The summed E-state index contributed by atoms with van der Waals surface area (Å²) in [7, 11) is 0. The summed E-state index contributed by atoms with van der Waals surface area (Å²) in [6, 6.07) is 9.99. The first-order valence-corrected chi connectivity index (χ1v) is 7.83. The normalized spacial score (nSPS) is 11.0. The van der Waals surface area contributed by atoms with Crippen molar-refractivity contribution < 1.29 is 19.1 Å². The molecule has 0 aliphatic rings. The van der Waals surface area contributed by atoms with Crippen molar-refractivity contribution in [3.8, 4) is 11.5 Å². The maximum absolute atomic E-state index is 12.3. The Morgan fingerprint density at radius 3 is 2.29 bits per heavy atom. The third-order valence-electron chi connectivity index (χ3n) is 3.56. The minimum Gasteiger partial charge on any atom is -0.425 e. The van der Waals surface area contributed by atoms with Crippen LogP contribution in [0.3, 0.4) is 0 Å². The van der Waals surface area contributed by atoms with Crippen LogP contribution < -0.4 is 9.47 Å². The van der Waals surface area contributed by atoms with Crippen molar-refractivity contribution in [1.82, 2.24) is 0 Å². The summed E-state index contributed by atoms with van der Waals surface area (Å²) < 4.78 is 10.5. The van der Waals surface area contributed by atoms with Crippen molar-refractivity contribution in [3.05, 3.63) is 58.1 Å². The van der Waals surface area contributed by atoms with Crippen molar-refractivity contribution in [2.75, 3.05) is 0 Å². The number of rotatable bonds is 4. The molecular formula is C19H19ClO4. The fraction of sp³-hybridized carbons (Fsp3) is 0.263. The van der Waals surface area contributed by atoms with Crippen LogP contribution in [-0.4, -0.2) is 12.4 Å². The van der Waals surface area contributed by atoms with Gasteiger partial charge in [-0.25, -0.2) is 4.79 Å². The molecule has 0 amide bonds. The van der Waals surface area contributed by atoms with Crippen LogP contribution in [0.25, 0.3) is 0 Å². The predicted molar refractivity (Wildman–Crippen MR) is 93.0 cm³/mol. The lowest BCUT2D eigenvalue weighted by Gasteiger charge is -2.22. The Morgan fingerprint density at radius 2 is 1.75 bits per heavy atom. The second kappa shape index (κ2) is 7.05. The number of hydrogen-bond donors (Lipinski definition) is 0. The average molecular weight is 347 g/mol. The summed E-state index contributed by atoms with van der Waals surface area (Å²) in [5.41, 5.74) is 1.91. The fourth-order valence-electron chi connectivity index (χ4n) is 2.18. The fourth-order valence-corrected chi connectivity index (χ4v) is 2.31. The van der Waals surface area contributed by atoms with Gasteiger partial charge in [0.15, 0.2) is 11.5 Å². The van der Waals surface area contributed by atoms with Gasteiger partial charge in [-0.1, -0.05) is 38.4 Å². The maximum atomic E-state index is 12.3. The molecule has 0 bridgehead atoms. The number of halogens is 1. The number of aryl methyl sites for hydroxylation is 1. The zero-order valence-corrected chi connectivity index (χ0v) is 14.8. The van der Waals surface area contributed by atoms with Gasteiger partial charge in [-0.15, -0.1) is 0 Å². The molecule has 0 aliphatic heterocycles. The highest BCUT2D eigenvalue weighted by molar-refractivity contribution is 6.30. The molecule has 2 aromatic carbocycles. The van der Waals surface area contributed by atoms with Gasteiger partial charge >= 0.3 is 5.97 Å². The maximum Gasteiger partial charge on any atom is 0.343 e. The standard InChI is InChI=1S/C19H19ClO4/c1-12-9-14(19(2,3)4)10-16(23-11-21)17(12)24-18(22)13-5-7-15(20)8-6-13/h5-11H,1-4H3. The molecule has 5 heteroatoms. The van der Waals surface area contributed by atoms with Crippen LogP contribution >= 0.6 is 11.6 Å². The van der Waals surface area contributed by atoms with E-state index in [4.69, 9.17) is 21.1 Å². The summed E-state index contributed by atoms with van der Waals surface area (Å²) in [5, 5.41) is 0.530. The second-order valence-corrected chi connectivity index (χ2v) is 6.92. The van der Waals surface area contributed by atoms with Crippen molar-refractivity contribution in [2.45, 2.75) is 33.1 Å². The third kappa shape index (κ3) is 4.15. The van der Waals surface area contributed by atoms with Crippen LogP contribution in [0.1, 0.15) is 42.3 Å². The predicted octanol–water partition coefficient (Wildman–Crippen LogP) is 4.70. The van der Waals surface area contributed by atoms with Crippen LogP contribution in [0.15, 0.2) is 36.4 Å². The molecule has 0 radical (unpaired) electrons. The Balaban J connectivity index is 2.40. The van der Waals surface area contributed by atoms with E-state index in [9.17, 15) is 9.59 Å². The molecule has 0 aromatic heterocycles. The van der Waals surface area contributed by atoms with E-state index in [2.05, 4.69) is 0 Å². The molecule has 2 aromatic rings. The number of benzene rings is 2. The molecule has 0 saturated carbocycles. The highest BCUT2D eigenvalue weighted by Crippen LogP contribution is 2.37. The first-order valence-electron chi connectivity index (χ1n) is 7.45. The van der Waals surface area contributed by atoms with E-state index in [0.29, 0.717) is 22.6 Å². The molecule has 0 atom stereocenters. The first kappa shape index (κ1) is 18.0. The van der Waals surface area contributed by atoms with Crippen LogP contribution in [0.2, 0.25) is 5.02 Å². The van der Waals surface area contributed by atoms with Gasteiger partial charge in [0.05, 0.1) is 5.56 Å². The number of ether oxygens (including phenoxy) is 2. The Bertz CT molecular complexity index is 758. The highest BCUT2D eigenvalue weighted by Gasteiger charge is 2.21. The SMILES string of the molecule is Cc1cc(C(C)(C)C)cc(OC=O)c1OC(=O)c1ccc(Cl)cc1. The Morgan fingerprint density at radius 1 is 1.12 bits per heavy atom. The van der Waals surface area contributed by atoms with Crippen LogP contribution in [0.5, 0.6) is 11.5 Å². The molecule has 2 rings (SSSR count). The molecule has 0 saturated heterocycles. The third-order valence-corrected chi connectivity index (χ3v) is 3.81. The molecular weight excluding hydrogens is 328 g/mol. The average Bonchev–Trinajstić information content (AvgIpc) is 2.50. The molecule has 0 fully saturated rings. The number of carbonyl (C=O) groups is 2. The van der Waals surface area contributed by atoms with E-state index < -0.39 is 5.97 Å². The molecule has 0 aliphatic carbocycles. The van der Waals surface area contributed by atoms with Crippen molar-refractivity contribution in [1.29, 1.82) is 0 Å². The Kier molecular flexibility index (Phi) is 5.30. The summed E-state index contributed by atoms with van der Waals surface area (Å²) in [6.07, 6.45) is 0.